The molecule has 0 aliphatic heterocycles. The number of carbonyl (C=O) groups is 1. The molecule has 2 nitrogen and oxygen atoms in total. The van der Waals surface area contributed by atoms with Gasteiger partial charge in [0.05, 0.1) is 27.3 Å². The summed E-state index contributed by atoms with van der Waals surface area (Å²) in [5.41, 5.74) is 0. The summed E-state index contributed by atoms with van der Waals surface area (Å²) < 4.78 is 0. The van der Waals surface area contributed by atoms with Gasteiger partial charge in [-0.2, -0.15) is 0 Å². The number of hydrogen-bond acceptors (Lipinski definition) is 2. The average Bonchev–Trinajstić information content (AvgIpc) is 2.08. The van der Waals surface area contributed by atoms with Crippen LogP contribution in [0.4, 0.5) is 0 Å². The Labute approximate surface area is 115 Å². The van der Waals surface area contributed by atoms with Gasteiger partial charge in [0.15, 0.2) is 0 Å². The molecule has 18 heavy (non-hydrogen) atoms. The van der Waals surface area contributed by atoms with Crippen LogP contribution in [0, 0.1) is 0 Å². The minimum atomic E-state index is -1.84. The van der Waals surface area contributed by atoms with Gasteiger partial charge in [0.1, 0.15) is 5.78 Å². The first-order valence-corrected chi connectivity index (χ1v) is 13.6. The van der Waals surface area contributed by atoms with Gasteiger partial charge in [-0.3, -0.25) is 4.79 Å². The first-order chi connectivity index (χ1) is 7.76. The molecule has 0 saturated carbocycles. The van der Waals surface area contributed by atoms with Crippen LogP contribution in [-0.4, -0.2) is 33.1 Å². The minimum absolute atomic E-state index is 0.121. The molecule has 0 fully saturated rings. The third-order valence-corrected chi connectivity index (χ3v) is 10.2. The van der Waals surface area contributed by atoms with Crippen LogP contribution in [0.15, 0.2) is 11.8 Å². The molecular formula is C14H30O2Si2. The van der Waals surface area contributed by atoms with Gasteiger partial charge in [0, 0.05) is 0 Å². The Balaban J connectivity index is 5.65. The number of hydrogen-bond donors (Lipinski definition) is 1. The lowest BCUT2D eigenvalue weighted by Crippen LogP contribution is -2.52. The van der Waals surface area contributed by atoms with Crippen molar-refractivity contribution in [3.63, 3.8) is 0 Å². The first kappa shape index (κ1) is 17.8. The molecule has 0 heterocycles. The maximum atomic E-state index is 12.3. The summed E-state index contributed by atoms with van der Waals surface area (Å²) in [7, 11) is -3.32. The van der Waals surface area contributed by atoms with E-state index in [2.05, 4.69) is 45.9 Å². The van der Waals surface area contributed by atoms with Gasteiger partial charge in [-0.15, -0.1) is 6.58 Å². The number of aliphatic hydroxyl groups excluding tert-OH is 1. The van der Waals surface area contributed by atoms with Crippen molar-refractivity contribution in [2.45, 2.75) is 70.7 Å². The maximum absolute atomic E-state index is 12.3. The Hall–Kier alpha value is -0.196. The van der Waals surface area contributed by atoms with E-state index in [9.17, 15) is 9.90 Å². The minimum Gasteiger partial charge on any atom is -0.393 e. The maximum Gasteiger partial charge on any atom is 0.136 e. The topological polar surface area (TPSA) is 37.3 Å². The van der Waals surface area contributed by atoms with Gasteiger partial charge in [-0.1, -0.05) is 44.5 Å². The summed E-state index contributed by atoms with van der Waals surface area (Å²) in [6.07, 6.45) is 0.0561. The van der Waals surface area contributed by atoms with E-state index in [1.807, 2.05) is 0 Å². The predicted octanol–water partition coefficient (Wildman–Crippen LogP) is 3.86. The van der Waals surface area contributed by atoms with Crippen LogP contribution in [-0.2, 0) is 4.79 Å². The van der Waals surface area contributed by atoms with Gasteiger partial charge < -0.3 is 5.11 Å². The third kappa shape index (κ3) is 3.42. The second kappa shape index (κ2) is 5.43. The van der Waals surface area contributed by atoms with Crippen LogP contribution in [0.1, 0.15) is 20.3 Å². The molecule has 106 valence electrons. The highest BCUT2D eigenvalue weighted by molar-refractivity contribution is 6.85. The number of carbonyl (C=O) groups excluding carboxylic acids is 1. The monoisotopic (exact) mass is 286 g/mol. The Morgan fingerprint density at radius 2 is 1.61 bits per heavy atom. The van der Waals surface area contributed by atoms with Crippen molar-refractivity contribution in [1.29, 1.82) is 0 Å². The fourth-order valence-corrected chi connectivity index (χ4v) is 6.63. The molecule has 0 saturated heterocycles. The molecule has 0 aromatic carbocycles. The van der Waals surface area contributed by atoms with Crippen LogP contribution in [0.25, 0.3) is 0 Å². The molecule has 4 heteroatoms. The number of Topliss-reactive ketones (excluding diaryl/α,β-unsaturated/α-hetero) is 1. The second-order valence-corrected chi connectivity index (χ2v) is 18.1. The quantitative estimate of drug-likeness (QED) is 0.753. The van der Waals surface area contributed by atoms with Gasteiger partial charge >= 0.3 is 0 Å². The van der Waals surface area contributed by atoms with Gasteiger partial charge in [-0.25, -0.2) is 0 Å². The summed E-state index contributed by atoms with van der Waals surface area (Å²) in [5, 5.41) is 10.9. The molecule has 2 atom stereocenters. The van der Waals surface area contributed by atoms with E-state index < -0.39 is 27.3 Å². The van der Waals surface area contributed by atoms with Crippen molar-refractivity contribution in [1.82, 2.24) is 0 Å². The Morgan fingerprint density at radius 1 is 1.22 bits per heavy atom. The SMILES string of the molecule is C=C(CC(C(C)=O)(C(C)O)[Si](C)(C)C)[Si](C)(C)C. The number of rotatable bonds is 6. The molecule has 0 bridgehead atoms. The zero-order valence-electron chi connectivity index (χ0n) is 13.3. The predicted molar refractivity (Wildman–Crippen MR) is 85.5 cm³/mol. The molecular weight excluding hydrogens is 256 g/mol. The second-order valence-electron chi connectivity index (χ2n) is 7.48. The molecule has 0 aliphatic rings. The van der Waals surface area contributed by atoms with Crippen molar-refractivity contribution in [2.75, 3.05) is 0 Å². The summed E-state index contributed by atoms with van der Waals surface area (Å²) in [4.78, 5) is 12.3. The standard InChI is InChI=1S/C14H30O2Si2/c1-11(17(4,5)6)10-14(12(2)15,13(3)16)18(7,8)9/h12,15H,1,10H2,2-9H3. The zero-order chi connectivity index (χ0) is 14.9. The fraction of sp³-hybridized carbons (Fsp3) is 0.786. The molecule has 0 spiro atoms. The molecule has 2 unspecified atom stereocenters. The van der Waals surface area contributed by atoms with Gasteiger partial charge in [0.2, 0.25) is 0 Å². The highest BCUT2D eigenvalue weighted by Crippen LogP contribution is 2.48. The summed E-state index contributed by atoms with van der Waals surface area (Å²) in [6.45, 7) is 20.8. The molecule has 0 aromatic rings. The van der Waals surface area contributed by atoms with E-state index in [1.54, 1.807) is 13.8 Å². The first-order valence-electron chi connectivity index (χ1n) is 6.64. The lowest BCUT2D eigenvalue weighted by atomic mass is 9.93. The highest BCUT2D eigenvalue weighted by Gasteiger charge is 2.51. The van der Waals surface area contributed by atoms with Gasteiger partial charge in [-0.05, 0) is 20.3 Å². The molecule has 1 N–H and O–H groups in total. The van der Waals surface area contributed by atoms with Crippen LogP contribution in [0.3, 0.4) is 0 Å². The molecule has 0 amide bonds. The smallest absolute Gasteiger partial charge is 0.136 e. The number of allylic oxidation sites excluding steroid dienone is 1. The van der Waals surface area contributed by atoms with Crippen molar-refractivity contribution < 1.29 is 9.90 Å². The lowest BCUT2D eigenvalue weighted by molar-refractivity contribution is -0.122. The largest absolute Gasteiger partial charge is 0.393 e. The Bertz CT molecular complexity index is 335. The summed E-state index contributed by atoms with van der Waals surface area (Å²) in [5.74, 6) is 0.121. The Morgan fingerprint density at radius 3 is 1.78 bits per heavy atom. The molecule has 0 aromatic heterocycles. The molecule has 0 rings (SSSR count). The van der Waals surface area contributed by atoms with Crippen molar-refractivity contribution >= 4 is 21.9 Å². The summed E-state index contributed by atoms with van der Waals surface area (Å²) >= 11 is 0. The number of aliphatic hydroxyl groups is 1. The number of ketones is 1. The Kier molecular flexibility index (Phi) is 5.37. The van der Waals surface area contributed by atoms with Crippen molar-refractivity contribution in [3.8, 4) is 0 Å². The van der Waals surface area contributed by atoms with Crippen LogP contribution >= 0.6 is 0 Å². The van der Waals surface area contributed by atoms with Gasteiger partial charge in [0.25, 0.3) is 0 Å². The van der Waals surface area contributed by atoms with Crippen LogP contribution in [0.5, 0.6) is 0 Å². The van der Waals surface area contributed by atoms with Crippen molar-refractivity contribution in [2.24, 2.45) is 0 Å². The van der Waals surface area contributed by atoms with E-state index in [4.69, 9.17) is 0 Å². The molecule has 0 radical (unpaired) electrons. The van der Waals surface area contributed by atoms with Crippen LogP contribution < -0.4 is 0 Å². The summed E-state index contributed by atoms with van der Waals surface area (Å²) in [6, 6.07) is 0. The van der Waals surface area contributed by atoms with E-state index in [0.29, 0.717) is 6.42 Å². The van der Waals surface area contributed by atoms with E-state index in [0.717, 1.165) is 0 Å². The van der Waals surface area contributed by atoms with Crippen LogP contribution in [0.2, 0.25) is 44.3 Å². The molecule has 0 aliphatic carbocycles. The van der Waals surface area contributed by atoms with E-state index in [1.165, 1.54) is 5.20 Å². The van der Waals surface area contributed by atoms with E-state index >= 15 is 0 Å². The highest BCUT2D eigenvalue weighted by atomic mass is 28.3. The average molecular weight is 287 g/mol. The van der Waals surface area contributed by atoms with Crippen molar-refractivity contribution in [3.05, 3.63) is 11.8 Å². The van der Waals surface area contributed by atoms with E-state index in [-0.39, 0.29) is 5.78 Å². The lowest BCUT2D eigenvalue weighted by Gasteiger charge is -2.45. The fourth-order valence-electron chi connectivity index (χ4n) is 2.59. The zero-order valence-corrected chi connectivity index (χ0v) is 15.3. The third-order valence-electron chi connectivity index (χ3n) is 4.23. The normalized spacial score (nSPS) is 18.1.